The van der Waals surface area contributed by atoms with Crippen LogP contribution in [0.4, 0.5) is 4.79 Å². The van der Waals surface area contributed by atoms with Crippen LogP contribution in [0.25, 0.3) is 0 Å². The van der Waals surface area contributed by atoms with Gasteiger partial charge in [0.2, 0.25) is 0 Å². The van der Waals surface area contributed by atoms with Gasteiger partial charge in [-0.2, -0.15) is 0 Å². The van der Waals surface area contributed by atoms with Crippen molar-refractivity contribution < 1.29 is 19.4 Å². The second-order valence-corrected chi connectivity index (χ2v) is 15.9. The molecule has 0 saturated carbocycles. The van der Waals surface area contributed by atoms with Gasteiger partial charge in [0.1, 0.15) is 6.10 Å². The van der Waals surface area contributed by atoms with Crippen molar-refractivity contribution in [1.29, 1.82) is 0 Å². The second kappa shape index (κ2) is 41.6. The molecule has 0 aromatic carbocycles. The number of primary amides is 1. The summed E-state index contributed by atoms with van der Waals surface area (Å²) in [5.41, 5.74) is 5.69. The van der Waals surface area contributed by atoms with Gasteiger partial charge in [-0.25, -0.2) is 4.79 Å². The highest BCUT2D eigenvalue weighted by Gasteiger charge is 2.17. The van der Waals surface area contributed by atoms with Gasteiger partial charge in [-0.05, 0) is 70.1 Å². The SMILES string of the molecule is CC.CCCC(C)(C)CC(C)C.CCCCCCCCCCCCC(CCCCCCCCCCCC)OC(N)=O.COC(C)(C)CCO. The van der Waals surface area contributed by atoms with E-state index in [9.17, 15) is 4.79 Å². The normalized spacial score (nSPS) is 11.3. The Hall–Kier alpha value is -0.810. The monoisotopic (exact) mass is 702 g/mol. The summed E-state index contributed by atoms with van der Waals surface area (Å²) < 4.78 is 10.4. The molecule has 0 aromatic heterocycles. The van der Waals surface area contributed by atoms with Crippen molar-refractivity contribution in [3.63, 3.8) is 0 Å². The minimum atomic E-state index is -0.603. The summed E-state index contributed by atoms with van der Waals surface area (Å²) in [7, 11) is 1.65. The number of rotatable bonds is 30. The molecule has 49 heavy (non-hydrogen) atoms. The van der Waals surface area contributed by atoms with E-state index < -0.39 is 6.09 Å². The van der Waals surface area contributed by atoms with E-state index in [0.717, 1.165) is 31.6 Å². The van der Waals surface area contributed by atoms with Crippen molar-refractivity contribution in [2.45, 2.75) is 255 Å². The molecule has 0 aliphatic heterocycles. The fraction of sp³-hybridized carbons (Fsp3) is 0.977. The number of hydrogen-bond acceptors (Lipinski definition) is 4. The molecule has 0 aliphatic carbocycles. The van der Waals surface area contributed by atoms with E-state index in [0.29, 0.717) is 11.8 Å². The average Bonchev–Trinajstić information content (AvgIpc) is 3.03. The minimum absolute atomic E-state index is 0.0376. The van der Waals surface area contributed by atoms with E-state index in [1.165, 1.54) is 135 Å². The van der Waals surface area contributed by atoms with Crippen molar-refractivity contribution in [2.75, 3.05) is 13.7 Å². The molecular weight excluding hydrogens is 606 g/mol. The molecule has 3 N–H and O–H groups in total. The van der Waals surface area contributed by atoms with Gasteiger partial charge in [0, 0.05) is 13.7 Å². The van der Waals surface area contributed by atoms with Gasteiger partial charge in [-0.3, -0.25) is 0 Å². The number of aliphatic hydroxyl groups is 1. The zero-order valence-electron chi connectivity index (χ0n) is 36.0. The van der Waals surface area contributed by atoms with Crippen molar-refractivity contribution in [3.05, 3.63) is 0 Å². The Labute approximate surface area is 310 Å². The number of unbranched alkanes of at least 4 members (excludes halogenated alkanes) is 18. The number of carbonyl (C=O) groups is 1. The fourth-order valence-electron chi connectivity index (χ4n) is 6.40. The van der Waals surface area contributed by atoms with Crippen LogP contribution in [0, 0.1) is 11.3 Å². The third-order valence-electron chi connectivity index (χ3n) is 9.20. The van der Waals surface area contributed by atoms with Crippen LogP contribution >= 0.6 is 0 Å². The lowest BCUT2D eigenvalue weighted by Crippen LogP contribution is -2.23. The van der Waals surface area contributed by atoms with Crippen LogP contribution in [0.2, 0.25) is 0 Å². The zero-order valence-corrected chi connectivity index (χ0v) is 36.0. The topological polar surface area (TPSA) is 81.8 Å². The van der Waals surface area contributed by atoms with Crippen molar-refractivity contribution in [3.8, 4) is 0 Å². The molecule has 0 fully saturated rings. The van der Waals surface area contributed by atoms with Crippen molar-refractivity contribution in [2.24, 2.45) is 17.1 Å². The lowest BCUT2D eigenvalue weighted by molar-refractivity contribution is 0.00292. The molecule has 0 rings (SSSR count). The first-order valence-electron chi connectivity index (χ1n) is 21.4. The molecule has 300 valence electrons. The lowest BCUT2D eigenvalue weighted by atomic mass is 9.80. The summed E-state index contributed by atoms with van der Waals surface area (Å²) in [4.78, 5) is 11.2. The van der Waals surface area contributed by atoms with E-state index in [4.69, 9.17) is 20.3 Å². The van der Waals surface area contributed by atoms with Crippen LogP contribution in [0.5, 0.6) is 0 Å². The van der Waals surface area contributed by atoms with Gasteiger partial charge < -0.3 is 20.3 Å². The van der Waals surface area contributed by atoms with Gasteiger partial charge in [0.05, 0.1) is 5.60 Å². The lowest BCUT2D eigenvalue weighted by Gasteiger charge is -2.25. The summed E-state index contributed by atoms with van der Waals surface area (Å²) in [6, 6.07) is 0. The summed E-state index contributed by atoms with van der Waals surface area (Å²) in [6.07, 6.45) is 32.9. The number of amides is 1. The zero-order chi connectivity index (χ0) is 38.2. The van der Waals surface area contributed by atoms with E-state index in [-0.39, 0.29) is 18.3 Å². The predicted octanol–water partition coefficient (Wildman–Crippen LogP) is 14.8. The highest BCUT2D eigenvalue weighted by molar-refractivity contribution is 5.64. The Bertz CT molecular complexity index is 596. The van der Waals surface area contributed by atoms with Gasteiger partial charge in [-0.1, -0.05) is 184 Å². The molecule has 0 heterocycles. The standard InChI is InChI=1S/C26H53NO2.C10H22.C6H14O2.C2H6/c1-3-5-7-9-11-13-15-17-19-21-23-25(29-26(27)28)24-22-20-18-16-14-12-10-8-6-4-2;1-6-7-10(4,5)8-9(2)3;1-6(2,8-3)4-5-7;1-2/h25H,3-24H2,1-2H3,(H2,27,28);9H,6-8H2,1-5H3;7H,4-5H2,1-3H3;1-2H3. The first-order valence-corrected chi connectivity index (χ1v) is 21.4. The minimum Gasteiger partial charge on any atom is -0.446 e. The second-order valence-electron chi connectivity index (χ2n) is 15.9. The quantitative estimate of drug-likeness (QED) is 0.0730. The Balaban J connectivity index is -0.000000410. The van der Waals surface area contributed by atoms with Crippen LogP contribution < -0.4 is 5.73 Å². The number of carbonyl (C=O) groups excluding carboxylic acids is 1. The molecule has 0 saturated heterocycles. The first kappa shape index (κ1) is 55.0. The summed E-state index contributed by atoms with van der Waals surface area (Å²) in [5.74, 6) is 0.849. The van der Waals surface area contributed by atoms with Gasteiger partial charge in [0.15, 0.2) is 0 Å². The van der Waals surface area contributed by atoms with E-state index in [1.54, 1.807) is 7.11 Å². The molecule has 0 bridgehead atoms. The smallest absolute Gasteiger partial charge is 0.404 e. The van der Waals surface area contributed by atoms with Gasteiger partial charge >= 0.3 is 6.09 Å². The van der Waals surface area contributed by atoms with Gasteiger partial charge in [0.25, 0.3) is 0 Å². The van der Waals surface area contributed by atoms with Crippen LogP contribution in [-0.2, 0) is 9.47 Å². The highest BCUT2D eigenvalue weighted by atomic mass is 16.6. The molecule has 0 aliphatic rings. The number of aliphatic hydroxyl groups excluding tert-OH is 1. The number of ether oxygens (including phenoxy) is 2. The van der Waals surface area contributed by atoms with E-state index in [1.807, 2.05) is 27.7 Å². The third kappa shape index (κ3) is 51.7. The molecule has 5 nitrogen and oxygen atoms in total. The van der Waals surface area contributed by atoms with Crippen LogP contribution in [0.3, 0.4) is 0 Å². The molecular formula is C44H95NO4. The maximum Gasteiger partial charge on any atom is 0.404 e. The van der Waals surface area contributed by atoms with Crippen LogP contribution in [0.1, 0.15) is 243 Å². The number of methoxy groups -OCH3 is 1. The molecule has 1 amide bonds. The first-order chi connectivity index (χ1) is 23.3. The van der Waals surface area contributed by atoms with Crippen molar-refractivity contribution >= 4 is 6.09 Å². The van der Waals surface area contributed by atoms with Crippen LogP contribution in [-0.4, -0.2) is 36.6 Å². The summed E-state index contributed by atoms with van der Waals surface area (Å²) in [6.45, 7) is 24.2. The molecule has 0 aromatic rings. The molecule has 0 atom stereocenters. The summed E-state index contributed by atoms with van der Waals surface area (Å²) in [5, 5.41) is 8.45. The van der Waals surface area contributed by atoms with Crippen LogP contribution in [0.15, 0.2) is 0 Å². The third-order valence-corrected chi connectivity index (χ3v) is 9.20. The van der Waals surface area contributed by atoms with E-state index in [2.05, 4.69) is 48.5 Å². The van der Waals surface area contributed by atoms with E-state index >= 15 is 0 Å². The Morgan fingerprint density at radius 3 is 1.20 bits per heavy atom. The predicted molar refractivity (Wildman–Crippen MR) is 220 cm³/mol. The average molecular weight is 702 g/mol. The maximum absolute atomic E-state index is 11.2. The molecule has 0 spiro atoms. The largest absolute Gasteiger partial charge is 0.446 e. The molecule has 0 radical (unpaired) electrons. The maximum atomic E-state index is 11.2. The Kier molecular flexibility index (Phi) is 46.7. The fourth-order valence-corrected chi connectivity index (χ4v) is 6.40. The number of hydrogen-bond donors (Lipinski definition) is 2. The molecule has 5 heteroatoms. The van der Waals surface area contributed by atoms with Gasteiger partial charge in [-0.15, -0.1) is 0 Å². The Morgan fingerprint density at radius 1 is 0.612 bits per heavy atom. The van der Waals surface area contributed by atoms with Crippen molar-refractivity contribution in [1.82, 2.24) is 0 Å². The molecule has 0 unspecified atom stereocenters. The summed E-state index contributed by atoms with van der Waals surface area (Å²) >= 11 is 0. The highest BCUT2D eigenvalue weighted by Crippen LogP contribution is 2.30. The number of nitrogens with two attached hydrogens (primary N) is 1. The Morgan fingerprint density at radius 2 is 0.959 bits per heavy atom.